The number of hydrogen-bond acceptors (Lipinski definition) is 9. The maximum Gasteiger partial charge on any atom is 0.273 e. The Morgan fingerprint density at radius 2 is 2.18 bits per heavy atom. The van der Waals surface area contributed by atoms with Crippen LogP contribution in [0.2, 0.25) is 0 Å². The van der Waals surface area contributed by atoms with Crippen LogP contribution in [0, 0.1) is 6.92 Å². The number of hydrogen-bond donors (Lipinski definition) is 3. The molecule has 1 fully saturated rings. The van der Waals surface area contributed by atoms with E-state index >= 15 is 0 Å². The van der Waals surface area contributed by atoms with Gasteiger partial charge in [0.25, 0.3) is 5.91 Å². The molecule has 148 valence electrons. The molecule has 0 radical (unpaired) electrons. The first-order valence-corrected chi connectivity index (χ1v) is 9.55. The first-order chi connectivity index (χ1) is 13.4. The number of nitrogens with one attached hydrogen (secondary N) is 2. The molecule has 11 heteroatoms. The van der Waals surface area contributed by atoms with Crippen molar-refractivity contribution >= 4 is 40.1 Å². The van der Waals surface area contributed by atoms with Gasteiger partial charge < -0.3 is 21.3 Å². The Kier molecular flexibility index (Phi) is 5.83. The van der Waals surface area contributed by atoms with E-state index < -0.39 is 5.91 Å². The topological polar surface area (TPSA) is 139 Å². The Morgan fingerprint density at radius 3 is 2.82 bits per heavy atom. The van der Waals surface area contributed by atoms with Crippen LogP contribution in [0.3, 0.4) is 0 Å². The number of rotatable bonds is 7. The van der Waals surface area contributed by atoms with E-state index in [4.69, 9.17) is 5.73 Å². The first-order valence-electron chi connectivity index (χ1n) is 8.78. The van der Waals surface area contributed by atoms with Gasteiger partial charge in [-0.25, -0.2) is 0 Å². The van der Waals surface area contributed by atoms with Crippen molar-refractivity contribution < 1.29 is 9.59 Å². The van der Waals surface area contributed by atoms with Gasteiger partial charge in [0.2, 0.25) is 11.9 Å². The summed E-state index contributed by atoms with van der Waals surface area (Å²) < 4.78 is 4.19. The lowest BCUT2D eigenvalue weighted by Crippen LogP contribution is -2.36. The molecular weight excluding hydrogens is 380 g/mol. The second kappa shape index (κ2) is 8.30. The van der Waals surface area contributed by atoms with Gasteiger partial charge >= 0.3 is 0 Å². The predicted octanol–water partition coefficient (Wildman–Crippen LogP) is 1.14. The quantitative estimate of drug-likeness (QED) is 0.586. The summed E-state index contributed by atoms with van der Waals surface area (Å²) >= 11 is 1.25. The third kappa shape index (κ3) is 4.42. The number of anilines is 3. The normalized spacial score (nSPS) is 18.5. The van der Waals surface area contributed by atoms with Crippen molar-refractivity contribution in [2.24, 2.45) is 5.73 Å². The average molecular weight is 402 g/mol. The van der Waals surface area contributed by atoms with E-state index in [-0.39, 0.29) is 29.5 Å². The van der Waals surface area contributed by atoms with Gasteiger partial charge in [0.05, 0.1) is 5.69 Å². The number of nitrogens with two attached hydrogens (primary N) is 1. The molecule has 1 aliphatic rings. The van der Waals surface area contributed by atoms with Crippen LogP contribution in [0.25, 0.3) is 0 Å². The minimum atomic E-state index is -0.717. The zero-order valence-electron chi connectivity index (χ0n) is 15.7. The number of aromatic nitrogens is 4. The predicted molar refractivity (Wildman–Crippen MR) is 107 cm³/mol. The van der Waals surface area contributed by atoms with E-state index in [0.717, 1.165) is 30.0 Å². The number of amides is 2. The lowest BCUT2D eigenvalue weighted by Gasteiger charge is -2.24. The molecule has 1 unspecified atom stereocenters. The van der Waals surface area contributed by atoms with Crippen LogP contribution in [0.5, 0.6) is 0 Å². The molecule has 2 aromatic heterocycles. The molecule has 2 atom stereocenters. The maximum atomic E-state index is 11.7. The first kappa shape index (κ1) is 19.7. The fraction of sp³-hybridized carbons (Fsp3) is 0.412. The van der Waals surface area contributed by atoms with E-state index in [1.165, 1.54) is 17.6 Å². The molecule has 0 saturated heterocycles. The maximum absolute atomic E-state index is 11.7. The third-order valence-corrected chi connectivity index (χ3v) is 5.37. The Balaban J connectivity index is 1.78. The van der Waals surface area contributed by atoms with Crippen molar-refractivity contribution in [2.75, 3.05) is 17.3 Å². The Hall–Kier alpha value is -3.08. The molecule has 2 aromatic rings. The van der Waals surface area contributed by atoms with E-state index in [9.17, 15) is 9.59 Å². The van der Waals surface area contributed by atoms with Crippen LogP contribution < -0.4 is 21.3 Å². The number of aryl methyl sites for hydroxylation is 1. The van der Waals surface area contributed by atoms with E-state index in [1.54, 1.807) is 0 Å². The highest BCUT2D eigenvalue weighted by molar-refractivity contribution is 7.10. The Bertz CT molecular complexity index is 899. The molecule has 28 heavy (non-hydrogen) atoms. The smallest absolute Gasteiger partial charge is 0.273 e. The van der Waals surface area contributed by atoms with Gasteiger partial charge in [0.1, 0.15) is 5.00 Å². The Morgan fingerprint density at radius 1 is 1.39 bits per heavy atom. The fourth-order valence-electron chi connectivity index (χ4n) is 3.12. The van der Waals surface area contributed by atoms with Crippen molar-refractivity contribution in [3.63, 3.8) is 0 Å². The van der Waals surface area contributed by atoms with Gasteiger partial charge in [-0.2, -0.15) is 9.36 Å². The van der Waals surface area contributed by atoms with Crippen LogP contribution in [-0.2, 0) is 4.79 Å². The summed E-state index contributed by atoms with van der Waals surface area (Å²) in [6.07, 6.45) is 3.75. The highest BCUT2D eigenvalue weighted by atomic mass is 32.1. The third-order valence-electron chi connectivity index (χ3n) is 4.58. The summed E-state index contributed by atoms with van der Waals surface area (Å²) in [5.74, 6) is -0.286. The number of carbonyl (C=O) groups excluding carboxylic acids is 2. The highest BCUT2D eigenvalue weighted by Crippen LogP contribution is 2.27. The monoisotopic (exact) mass is 402 g/mol. The van der Waals surface area contributed by atoms with Crippen LogP contribution >= 0.6 is 11.5 Å². The lowest BCUT2D eigenvalue weighted by atomic mass is 10.2. The van der Waals surface area contributed by atoms with Gasteiger partial charge in [0, 0.05) is 19.1 Å². The number of carbonyl (C=O) groups is 2. The summed E-state index contributed by atoms with van der Waals surface area (Å²) in [6, 6.07) is 2.05. The molecule has 0 bridgehead atoms. The van der Waals surface area contributed by atoms with Gasteiger partial charge in [-0.15, -0.1) is 10.2 Å². The fourth-order valence-corrected chi connectivity index (χ4v) is 3.78. The SMILES string of the molecule is C=CC(=O)NC1CC[C@@H](N(C)c2nnc(C(N)=O)c(Nc3cc(C)ns3)n2)C1. The number of primary amides is 1. The molecule has 0 spiro atoms. The van der Waals surface area contributed by atoms with Crippen LogP contribution in [0.1, 0.15) is 35.4 Å². The summed E-state index contributed by atoms with van der Waals surface area (Å²) in [6.45, 7) is 5.34. The zero-order valence-corrected chi connectivity index (χ0v) is 16.5. The zero-order chi connectivity index (χ0) is 20.3. The van der Waals surface area contributed by atoms with E-state index in [2.05, 4.69) is 36.8 Å². The lowest BCUT2D eigenvalue weighted by molar-refractivity contribution is -0.117. The van der Waals surface area contributed by atoms with Crippen LogP contribution in [-0.4, -0.2) is 50.5 Å². The second-order valence-corrected chi connectivity index (χ2v) is 7.42. The van der Waals surface area contributed by atoms with E-state index in [1.807, 2.05) is 24.9 Å². The van der Waals surface area contributed by atoms with Gasteiger partial charge in [-0.3, -0.25) is 9.59 Å². The van der Waals surface area contributed by atoms with Crippen molar-refractivity contribution in [2.45, 2.75) is 38.3 Å². The molecule has 2 amide bonds. The molecule has 1 aliphatic carbocycles. The molecular formula is C17H22N8O2S. The van der Waals surface area contributed by atoms with Crippen molar-refractivity contribution in [1.29, 1.82) is 0 Å². The largest absolute Gasteiger partial charge is 0.364 e. The van der Waals surface area contributed by atoms with Gasteiger partial charge in [-0.05, 0) is 49.9 Å². The summed E-state index contributed by atoms with van der Waals surface area (Å²) in [7, 11) is 1.87. The molecule has 1 saturated carbocycles. The summed E-state index contributed by atoms with van der Waals surface area (Å²) in [5, 5.41) is 14.7. The molecule has 2 heterocycles. The highest BCUT2D eigenvalue weighted by Gasteiger charge is 2.30. The molecule has 0 aromatic carbocycles. The number of nitrogens with zero attached hydrogens (tertiary/aromatic N) is 5. The minimum absolute atomic E-state index is 0.0363. The van der Waals surface area contributed by atoms with Gasteiger partial charge in [-0.1, -0.05) is 6.58 Å². The second-order valence-electron chi connectivity index (χ2n) is 6.62. The van der Waals surface area contributed by atoms with Gasteiger partial charge in [0.15, 0.2) is 11.5 Å². The van der Waals surface area contributed by atoms with Crippen LogP contribution in [0.15, 0.2) is 18.7 Å². The van der Waals surface area contributed by atoms with Crippen molar-refractivity contribution in [1.82, 2.24) is 24.9 Å². The molecule has 4 N–H and O–H groups in total. The molecule has 10 nitrogen and oxygen atoms in total. The van der Waals surface area contributed by atoms with Crippen molar-refractivity contribution in [3.8, 4) is 0 Å². The molecule has 0 aliphatic heterocycles. The minimum Gasteiger partial charge on any atom is -0.364 e. The average Bonchev–Trinajstić information content (AvgIpc) is 3.29. The standard InChI is InChI=1S/C17H22N8O2S/c1-4-12(26)19-10-5-6-11(8-10)25(3)17-21-16(14(15(18)27)22-23-17)20-13-7-9(2)24-28-13/h4,7,10-11H,1,5-6,8H2,2-3H3,(H2,18,27)(H,19,26)(H,20,21,23)/t10?,11-/m1/s1. The summed E-state index contributed by atoms with van der Waals surface area (Å²) in [5.41, 5.74) is 6.22. The van der Waals surface area contributed by atoms with Crippen molar-refractivity contribution in [3.05, 3.63) is 30.1 Å². The summed E-state index contributed by atoms with van der Waals surface area (Å²) in [4.78, 5) is 29.6. The van der Waals surface area contributed by atoms with Crippen LogP contribution in [0.4, 0.5) is 16.8 Å². The Labute approximate surface area is 166 Å². The molecule has 3 rings (SSSR count). The van der Waals surface area contributed by atoms with E-state index in [0.29, 0.717) is 5.95 Å².